The monoisotopic (exact) mass is 305 g/mol. The van der Waals surface area contributed by atoms with Gasteiger partial charge in [-0.2, -0.15) is 0 Å². The van der Waals surface area contributed by atoms with E-state index in [1.165, 1.54) is 0 Å². The lowest BCUT2D eigenvalue weighted by atomic mass is 10.2. The lowest BCUT2D eigenvalue weighted by Crippen LogP contribution is -2.35. The van der Waals surface area contributed by atoms with Gasteiger partial charge in [-0.15, -0.1) is 0 Å². The van der Waals surface area contributed by atoms with E-state index < -0.39 is 0 Å². The second kappa shape index (κ2) is 6.67. The third-order valence-electron chi connectivity index (χ3n) is 3.12. The van der Waals surface area contributed by atoms with Crippen LogP contribution in [0, 0.1) is 11.8 Å². The van der Waals surface area contributed by atoms with Crippen molar-refractivity contribution < 1.29 is 9.59 Å². The minimum absolute atomic E-state index is 0.0201. The molecule has 0 aromatic heterocycles. The molecule has 1 fully saturated rings. The van der Waals surface area contributed by atoms with Crippen molar-refractivity contribution in [1.29, 1.82) is 0 Å². The number of carbonyl (C=O) groups excluding carboxylic acids is 2. The Balaban J connectivity index is 1.85. The second-order valence-corrected chi connectivity index (χ2v) is 5.85. The van der Waals surface area contributed by atoms with E-state index in [2.05, 4.69) is 16.0 Å². The molecule has 2 rings (SSSR count). The third-order valence-corrected chi connectivity index (χ3v) is 3.32. The maximum atomic E-state index is 11.6. The first kappa shape index (κ1) is 15.4. The molecule has 1 aromatic carbocycles. The lowest BCUT2D eigenvalue weighted by Gasteiger charge is -2.11. The zero-order valence-corrected chi connectivity index (χ0v) is 12.9. The molecule has 0 saturated heterocycles. The largest absolute Gasteiger partial charge is 0.332 e. The molecule has 1 aliphatic rings. The topological polar surface area (TPSA) is 70.2 Å². The van der Waals surface area contributed by atoms with Crippen molar-refractivity contribution in [2.75, 3.05) is 10.6 Å². The summed E-state index contributed by atoms with van der Waals surface area (Å²) >= 11 is 5.08. The average molecular weight is 305 g/mol. The molecule has 2 amide bonds. The van der Waals surface area contributed by atoms with Gasteiger partial charge in [0.15, 0.2) is 5.11 Å². The van der Waals surface area contributed by atoms with Crippen LogP contribution in [0.25, 0.3) is 0 Å². The Morgan fingerprint density at radius 1 is 1.10 bits per heavy atom. The van der Waals surface area contributed by atoms with Gasteiger partial charge in [-0.25, -0.2) is 0 Å². The van der Waals surface area contributed by atoms with Crippen LogP contribution < -0.4 is 16.0 Å². The summed E-state index contributed by atoms with van der Waals surface area (Å²) in [6.45, 7) is 3.68. The fourth-order valence-electron chi connectivity index (χ4n) is 1.65. The molecule has 0 bridgehead atoms. The van der Waals surface area contributed by atoms with Crippen molar-refractivity contribution in [3.8, 4) is 0 Å². The molecular weight excluding hydrogens is 286 g/mol. The number of nitrogens with one attached hydrogen (secondary N) is 3. The van der Waals surface area contributed by atoms with Crippen molar-refractivity contribution in [1.82, 2.24) is 5.32 Å². The fourth-order valence-corrected chi connectivity index (χ4v) is 1.86. The molecule has 1 aliphatic carbocycles. The molecule has 0 unspecified atom stereocenters. The highest BCUT2D eigenvalue weighted by Crippen LogP contribution is 2.28. The number of carbonyl (C=O) groups is 2. The van der Waals surface area contributed by atoms with Gasteiger partial charge in [-0.3, -0.25) is 9.59 Å². The van der Waals surface area contributed by atoms with Crippen molar-refractivity contribution in [3.63, 3.8) is 0 Å². The first-order valence-electron chi connectivity index (χ1n) is 6.98. The van der Waals surface area contributed by atoms with E-state index in [9.17, 15) is 9.59 Å². The van der Waals surface area contributed by atoms with E-state index in [0.29, 0.717) is 5.11 Å². The summed E-state index contributed by atoms with van der Waals surface area (Å²) in [6, 6.07) is 7.17. The summed E-state index contributed by atoms with van der Waals surface area (Å²) in [7, 11) is 0. The summed E-state index contributed by atoms with van der Waals surface area (Å²) in [5, 5.41) is 8.71. The molecule has 5 nitrogen and oxygen atoms in total. The number of amides is 2. The van der Waals surface area contributed by atoms with Gasteiger partial charge in [0.05, 0.1) is 0 Å². The van der Waals surface area contributed by atoms with Crippen LogP contribution in [-0.4, -0.2) is 16.9 Å². The molecule has 1 aromatic rings. The third kappa shape index (κ3) is 4.82. The number of benzene rings is 1. The Morgan fingerprint density at radius 3 is 2.10 bits per heavy atom. The Morgan fingerprint density at radius 2 is 1.62 bits per heavy atom. The number of anilines is 2. The maximum absolute atomic E-state index is 11.6. The van der Waals surface area contributed by atoms with Crippen LogP contribution in [0.1, 0.15) is 26.7 Å². The fraction of sp³-hybridized carbons (Fsp3) is 0.400. The van der Waals surface area contributed by atoms with E-state index in [4.69, 9.17) is 12.2 Å². The quantitative estimate of drug-likeness (QED) is 0.748. The summed E-state index contributed by atoms with van der Waals surface area (Å²) in [5.74, 6) is 0.0163. The molecule has 112 valence electrons. The summed E-state index contributed by atoms with van der Waals surface area (Å²) in [6.07, 6.45) is 1.89. The molecule has 0 spiro atoms. The minimum atomic E-state index is -0.0620. The van der Waals surface area contributed by atoms with Crippen LogP contribution in [0.5, 0.6) is 0 Å². The normalized spacial score (nSPS) is 13.7. The van der Waals surface area contributed by atoms with Crippen LogP contribution in [0.4, 0.5) is 11.4 Å². The Kier molecular flexibility index (Phi) is 4.90. The van der Waals surface area contributed by atoms with Gasteiger partial charge in [0.25, 0.3) is 0 Å². The van der Waals surface area contributed by atoms with E-state index in [1.807, 2.05) is 13.8 Å². The van der Waals surface area contributed by atoms with E-state index >= 15 is 0 Å². The first-order valence-corrected chi connectivity index (χ1v) is 7.39. The second-order valence-electron chi connectivity index (χ2n) is 5.44. The van der Waals surface area contributed by atoms with Gasteiger partial charge in [0.1, 0.15) is 0 Å². The molecule has 0 atom stereocenters. The van der Waals surface area contributed by atoms with Crippen LogP contribution in [0.3, 0.4) is 0 Å². The first-order chi connectivity index (χ1) is 9.95. The highest BCUT2D eigenvalue weighted by molar-refractivity contribution is 7.80. The van der Waals surface area contributed by atoms with Gasteiger partial charge in [-0.05, 0) is 49.3 Å². The van der Waals surface area contributed by atoms with Crippen LogP contribution in [0.2, 0.25) is 0 Å². The Bertz CT molecular complexity index is 551. The standard InChI is InChI=1S/C15H19N3O2S/c1-9(2)13(19)16-11-5-7-12(8-6-11)17-15(21)18-14(20)10-3-4-10/h5-10H,3-4H2,1-2H3,(H,16,19)(H2,17,18,20,21). The van der Waals surface area contributed by atoms with Gasteiger partial charge >= 0.3 is 0 Å². The van der Waals surface area contributed by atoms with Crippen molar-refractivity contribution in [3.05, 3.63) is 24.3 Å². The van der Waals surface area contributed by atoms with Crippen LogP contribution >= 0.6 is 12.2 Å². The Labute approximate surface area is 129 Å². The molecule has 21 heavy (non-hydrogen) atoms. The number of hydrogen-bond donors (Lipinski definition) is 3. The molecule has 0 heterocycles. The minimum Gasteiger partial charge on any atom is -0.332 e. The average Bonchev–Trinajstić information content (AvgIpc) is 3.25. The van der Waals surface area contributed by atoms with Crippen molar-refractivity contribution in [2.24, 2.45) is 11.8 Å². The number of thiocarbonyl (C=S) groups is 1. The highest BCUT2D eigenvalue weighted by Gasteiger charge is 2.29. The molecule has 0 aliphatic heterocycles. The SMILES string of the molecule is CC(C)C(=O)Nc1ccc(NC(=S)NC(=O)C2CC2)cc1. The molecule has 3 N–H and O–H groups in total. The number of hydrogen-bond acceptors (Lipinski definition) is 3. The summed E-state index contributed by atoms with van der Waals surface area (Å²) < 4.78 is 0. The zero-order chi connectivity index (χ0) is 15.4. The van der Waals surface area contributed by atoms with E-state index in [-0.39, 0.29) is 23.7 Å². The summed E-state index contributed by atoms with van der Waals surface area (Å²) in [5.41, 5.74) is 1.49. The van der Waals surface area contributed by atoms with Crippen molar-refractivity contribution >= 4 is 40.5 Å². The van der Waals surface area contributed by atoms with Crippen LogP contribution in [0.15, 0.2) is 24.3 Å². The maximum Gasteiger partial charge on any atom is 0.229 e. The lowest BCUT2D eigenvalue weighted by molar-refractivity contribution is -0.121. The number of rotatable bonds is 4. The van der Waals surface area contributed by atoms with E-state index in [1.54, 1.807) is 24.3 Å². The summed E-state index contributed by atoms with van der Waals surface area (Å²) in [4.78, 5) is 23.1. The van der Waals surface area contributed by atoms with Gasteiger partial charge in [0, 0.05) is 23.2 Å². The smallest absolute Gasteiger partial charge is 0.229 e. The molecule has 0 radical (unpaired) electrons. The van der Waals surface area contributed by atoms with E-state index in [0.717, 1.165) is 24.2 Å². The predicted octanol–water partition coefficient (Wildman–Crippen LogP) is 2.50. The van der Waals surface area contributed by atoms with Gasteiger partial charge in [0.2, 0.25) is 11.8 Å². The van der Waals surface area contributed by atoms with Gasteiger partial charge < -0.3 is 16.0 Å². The van der Waals surface area contributed by atoms with Crippen LogP contribution in [-0.2, 0) is 9.59 Å². The molecular formula is C15H19N3O2S. The predicted molar refractivity (Wildman–Crippen MR) is 87.0 cm³/mol. The molecule has 1 saturated carbocycles. The zero-order valence-electron chi connectivity index (χ0n) is 12.1. The highest BCUT2D eigenvalue weighted by atomic mass is 32.1. The van der Waals surface area contributed by atoms with Crippen molar-refractivity contribution in [2.45, 2.75) is 26.7 Å². The van der Waals surface area contributed by atoms with Gasteiger partial charge in [-0.1, -0.05) is 13.8 Å². The Hall–Kier alpha value is -1.95. The molecule has 6 heteroatoms.